The van der Waals surface area contributed by atoms with Gasteiger partial charge in [-0.3, -0.25) is 5.10 Å². The summed E-state index contributed by atoms with van der Waals surface area (Å²) in [6, 6.07) is 5.86. The van der Waals surface area contributed by atoms with E-state index in [1.807, 2.05) is 18.2 Å². The number of aromatic nitrogens is 2. The molecule has 0 aliphatic heterocycles. The molecule has 0 spiro atoms. The quantitative estimate of drug-likeness (QED) is 0.697. The highest BCUT2D eigenvalue weighted by Gasteiger charge is 2.06. The van der Waals surface area contributed by atoms with Gasteiger partial charge in [-0.15, -0.1) is 11.6 Å². The molecule has 74 valence electrons. The van der Waals surface area contributed by atoms with Crippen molar-refractivity contribution in [1.29, 1.82) is 0 Å². The van der Waals surface area contributed by atoms with E-state index >= 15 is 0 Å². The lowest BCUT2D eigenvalue weighted by Gasteiger charge is -2.03. The van der Waals surface area contributed by atoms with E-state index in [2.05, 4.69) is 32.8 Å². The number of fused-ring (bicyclic) bond motifs is 1. The van der Waals surface area contributed by atoms with Gasteiger partial charge in [-0.2, -0.15) is 5.10 Å². The second kappa shape index (κ2) is 4.35. The van der Waals surface area contributed by atoms with Crippen molar-refractivity contribution in [2.45, 2.75) is 0 Å². The predicted octanol–water partition coefficient (Wildman–Crippen LogP) is 2.79. The maximum Gasteiger partial charge on any atom is 0.145 e. The summed E-state index contributed by atoms with van der Waals surface area (Å²) >= 11 is 7.74. The molecule has 1 N–H and O–H groups in total. The van der Waals surface area contributed by atoms with Gasteiger partial charge in [-0.05, 0) is 34.7 Å². The molecule has 0 bridgehead atoms. The fraction of sp³-hybridized carbons (Fsp3) is 0.222. The van der Waals surface area contributed by atoms with Crippen LogP contribution in [0.15, 0.2) is 18.2 Å². The van der Waals surface area contributed by atoms with Crippen molar-refractivity contribution in [3.63, 3.8) is 0 Å². The molecule has 0 atom stereocenters. The molecule has 1 heterocycles. The van der Waals surface area contributed by atoms with Crippen molar-refractivity contribution in [2.24, 2.45) is 0 Å². The largest absolute Gasteiger partial charge is 0.490 e. The molecular formula is C9H8ClIN2O. The number of hydrogen-bond donors (Lipinski definition) is 1. The first-order valence-electron chi connectivity index (χ1n) is 4.14. The zero-order valence-electron chi connectivity index (χ0n) is 7.26. The van der Waals surface area contributed by atoms with E-state index in [9.17, 15) is 0 Å². The van der Waals surface area contributed by atoms with Crippen molar-refractivity contribution in [3.05, 3.63) is 21.9 Å². The van der Waals surface area contributed by atoms with Crippen LogP contribution in [0, 0.1) is 3.70 Å². The highest BCUT2D eigenvalue weighted by Crippen LogP contribution is 2.26. The monoisotopic (exact) mass is 322 g/mol. The molecule has 0 radical (unpaired) electrons. The van der Waals surface area contributed by atoms with Gasteiger partial charge in [0.2, 0.25) is 0 Å². The first-order chi connectivity index (χ1) is 6.83. The third kappa shape index (κ3) is 1.81. The topological polar surface area (TPSA) is 37.9 Å². The van der Waals surface area contributed by atoms with Crippen LogP contribution in [0.3, 0.4) is 0 Å². The molecule has 0 saturated carbocycles. The number of rotatable bonds is 3. The fourth-order valence-electron chi connectivity index (χ4n) is 1.25. The second-order valence-corrected chi connectivity index (χ2v) is 4.13. The molecule has 2 aromatic rings. The lowest BCUT2D eigenvalue weighted by Crippen LogP contribution is -1.98. The van der Waals surface area contributed by atoms with Gasteiger partial charge in [0.25, 0.3) is 0 Å². The molecule has 1 aromatic heterocycles. The average Bonchev–Trinajstić information content (AvgIpc) is 2.58. The standard InChI is InChI=1S/C9H8ClIN2O/c10-4-5-14-7-3-1-2-6-8(7)12-13-9(6)11/h1-3H,4-5H2,(H,12,13). The normalized spacial score (nSPS) is 10.7. The van der Waals surface area contributed by atoms with Gasteiger partial charge in [0, 0.05) is 5.39 Å². The zero-order valence-corrected chi connectivity index (χ0v) is 10.2. The summed E-state index contributed by atoms with van der Waals surface area (Å²) in [6.45, 7) is 0.510. The molecule has 0 unspecified atom stereocenters. The van der Waals surface area contributed by atoms with Crippen LogP contribution in [0.5, 0.6) is 5.75 Å². The van der Waals surface area contributed by atoms with Crippen LogP contribution in [0.25, 0.3) is 10.9 Å². The van der Waals surface area contributed by atoms with Crippen molar-refractivity contribution in [1.82, 2.24) is 10.2 Å². The maximum absolute atomic E-state index is 5.56. The number of nitrogens with one attached hydrogen (secondary N) is 1. The van der Waals surface area contributed by atoms with Crippen molar-refractivity contribution >= 4 is 45.1 Å². The molecule has 0 fully saturated rings. The van der Waals surface area contributed by atoms with Crippen molar-refractivity contribution < 1.29 is 4.74 Å². The Balaban J connectivity index is 2.44. The third-order valence-electron chi connectivity index (χ3n) is 1.85. The Morgan fingerprint density at radius 2 is 2.36 bits per heavy atom. The van der Waals surface area contributed by atoms with Gasteiger partial charge in [0.1, 0.15) is 21.6 Å². The van der Waals surface area contributed by atoms with Gasteiger partial charge in [-0.1, -0.05) is 6.07 Å². The van der Waals surface area contributed by atoms with E-state index in [4.69, 9.17) is 16.3 Å². The summed E-state index contributed by atoms with van der Waals surface area (Å²) in [4.78, 5) is 0. The van der Waals surface area contributed by atoms with Crippen molar-refractivity contribution in [3.8, 4) is 5.75 Å². The number of nitrogens with zero attached hydrogens (tertiary/aromatic N) is 1. The van der Waals surface area contributed by atoms with Crippen LogP contribution < -0.4 is 4.74 Å². The summed E-state index contributed by atoms with van der Waals surface area (Å²) in [6.07, 6.45) is 0. The molecular weight excluding hydrogens is 314 g/mol. The van der Waals surface area contributed by atoms with Gasteiger partial charge < -0.3 is 4.74 Å². The number of ether oxygens (including phenoxy) is 1. The molecule has 1 aromatic carbocycles. The van der Waals surface area contributed by atoms with Gasteiger partial charge in [0.15, 0.2) is 0 Å². The lowest BCUT2D eigenvalue weighted by atomic mass is 10.2. The Morgan fingerprint density at radius 3 is 3.14 bits per heavy atom. The van der Waals surface area contributed by atoms with E-state index in [1.54, 1.807) is 0 Å². The Kier molecular flexibility index (Phi) is 3.12. The Bertz CT molecular complexity index is 443. The molecule has 0 saturated heterocycles. The van der Waals surface area contributed by atoms with E-state index in [0.29, 0.717) is 12.5 Å². The number of alkyl halides is 1. The number of hydrogen-bond acceptors (Lipinski definition) is 2. The fourth-order valence-corrected chi connectivity index (χ4v) is 1.90. The summed E-state index contributed by atoms with van der Waals surface area (Å²) in [5, 5.41) is 8.13. The van der Waals surface area contributed by atoms with Gasteiger partial charge in [0.05, 0.1) is 5.88 Å². The maximum atomic E-state index is 5.56. The minimum Gasteiger partial charge on any atom is -0.490 e. The Morgan fingerprint density at radius 1 is 1.50 bits per heavy atom. The molecule has 3 nitrogen and oxygen atoms in total. The van der Waals surface area contributed by atoms with E-state index in [-0.39, 0.29) is 0 Å². The molecule has 0 aliphatic carbocycles. The Labute approximate surface area is 99.9 Å². The van der Waals surface area contributed by atoms with Crippen LogP contribution in [0.1, 0.15) is 0 Å². The van der Waals surface area contributed by atoms with E-state index in [1.165, 1.54) is 0 Å². The summed E-state index contributed by atoms with van der Waals surface area (Å²) in [5.74, 6) is 1.29. The highest BCUT2D eigenvalue weighted by atomic mass is 127. The molecule has 0 aliphatic rings. The van der Waals surface area contributed by atoms with E-state index in [0.717, 1.165) is 20.4 Å². The van der Waals surface area contributed by atoms with Crippen molar-refractivity contribution in [2.75, 3.05) is 12.5 Å². The van der Waals surface area contributed by atoms with Crippen LogP contribution in [0.2, 0.25) is 0 Å². The van der Waals surface area contributed by atoms with Crippen LogP contribution in [-0.4, -0.2) is 22.7 Å². The number of halogens is 2. The SMILES string of the molecule is ClCCOc1cccc2c(I)n[nH]c12. The lowest BCUT2D eigenvalue weighted by molar-refractivity contribution is 0.346. The van der Waals surface area contributed by atoms with Crippen LogP contribution in [-0.2, 0) is 0 Å². The summed E-state index contributed by atoms with van der Waals surface area (Å²) < 4.78 is 6.43. The predicted molar refractivity (Wildman–Crippen MR) is 65.0 cm³/mol. The van der Waals surface area contributed by atoms with Gasteiger partial charge >= 0.3 is 0 Å². The third-order valence-corrected chi connectivity index (χ3v) is 2.83. The molecule has 2 rings (SSSR count). The smallest absolute Gasteiger partial charge is 0.145 e. The highest BCUT2D eigenvalue weighted by molar-refractivity contribution is 14.1. The first kappa shape index (κ1) is 10.0. The summed E-state index contributed by atoms with van der Waals surface area (Å²) in [7, 11) is 0. The molecule has 14 heavy (non-hydrogen) atoms. The first-order valence-corrected chi connectivity index (χ1v) is 5.75. The minimum absolute atomic E-state index is 0.488. The summed E-state index contributed by atoms with van der Waals surface area (Å²) in [5.41, 5.74) is 0.932. The minimum atomic E-state index is 0.488. The number of H-pyrrole nitrogens is 1. The molecule has 0 amide bonds. The number of aromatic amines is 1. The number of para-hydroxylation sites is 1. The zero-order chi connectivity index (χ0) is 9.97. The average molecular weight is 323 g/mol. The second-order valence-electron chi connectivity index (χ2n) is 2.73. The Hall–Kier alpha value is -0.490. The number of benzene rings is 1. The van der Waals surface area contributed by atoms with E-state index < -0.39 is 0 Å². The molecule has 5 heteroatoms. The van der Waals surface area contributed by atoms with Crippen LogP contribution >= 0.6 is 34.2 Å². The van der Waals surface area contributed by atoms with Crippen LogP contribution in [0.4, 0.5) is 0 Å². The van der Waals surface area contributed by atoms with Gasteiger partial charge in [-0.25, -0.2) is 0 Å².